The Labute approximate surface area is 194 Å². The highest BCUT2D eigenvalue weighted by Gasteiger charge is 2.35. The van der Waals surface area contributed by atoms with Gasteiger partial charge in [-0.1, -0.05) is 36.9 Å². The molecular formula is C22H30ClN5O3S. The van der Waals surface area contributed by atoms with Crippen molar-refractivity contribution in [1.29, 1.82) is 0 Å². The molecule has 0 atom stereocenters. The van der Waals surface area contributed by atoms with Gasteiger partial charge < -0.3 is 10.2 Å². The zero-order valence-electron chi connectivity index (χ0n) is 18.6. The Hall–Kier alpha value is -2.10. The highest BCUT2D eigenvalue weighted by atomic mass is 35.5. The number of nitrogens with one attached hydrogen (secondary N) is 1. The number of piperazine rings is 1. The third-order valence-corrected chi connectivity index (χ3v) is 8.38. The van der Waals surface area contributed by atoms with E-state index in [4.69, 9.17) is 11.6 Å². The molecule has 1 aliphatic heterocycles. The fourth-order valence-corrected chi connectivity index (χ4v) is 6.25. The number of rotatable bonds is 5. The number of halogens is 1. The molecule has 0 bridgehead atoms. The molecule has 1 aliphatic carbocycles. The van der Waals surface area contributed by atoms with E-state index in [2.05, 4.69) is 15.3 Å². The Kier molecular flexibility index (Phi) is 6.78. The number of carbonyl (C=O) groups is 1. The molecule has 1 aromatic carbocycles. The molecule has 0 radical (unpaired) electrons. The third kappa shape index (κ3) is 4.79. The standard InChI is InChI=1S/C22H30ClN5O3S/c1-16-8-9-17(23)14-20(16)27-10-12-28(13-11-27)32(30,31)22-19(15-26(2)25-22)21(29)24-18-6-4-3-5-7-18/h8-9,14-15,18H,3-7,10-13H2,1-2H3,(H,24,29). The summed E-state index contributed by atoms with van der Waals surface area (Å²) in [4.78, 5) is 15.1. The predicted molar refractivity (Wildman–Crippen MR) is 125 cm³/mol. The number of amides is 1. The summed E-state index contributed by atoms with van der Waals surface area (Å²) >= 11 is 6.16. The summed E-state index contributed by atoms with van der Waals surface area (Å²) in [5, 5.41) is 7.67. The number of aromatic nitrogens is 2. The number of aryl methyl sites for hydroxylation is 2. The Morgan fingerprint density at radius 2 is 1.81 bits per heavy atom. The number of anilines is 1. The van der Waals surface area contributed by atoms with Crippen molar-refractivity contribution in [3.63, 3.8) is 0 Å². The molecule has 1 N–H and O–H groups in total. The molecule has 8 nitrogen and oxygen atoms in total. The number of sulfonamides is 1. The van der Waals surface area contributed by atoms with Crippen molar-refractivity contribution in [2.75, 3.05) is 31.1 Å². The van der Waals surface area contributed by atoms with Crippen molar-refractivity contribution in [3.05, 3.63) is 40.5 Å². The minimum absolute atomic E-state index is 0.0940. The quantitative estimate of drug-likeness (QED) is 0.712. The van der Waals surface area contributed by atoms with Crippen LogP contribution < -0.4 is 10.2 Å². The zero-order valence-corrected chi connectivity index (χ0v) is 20.1. The van der Waals surface area contributed by atoms with Gasteiger partial charge in [-0.05, 0) is 37.5 Å². The van der Waals surface area contributed by atoms with Crippen LogP contribution in [0.1, 0.15) is 48.0 Å². The highest BCUT2D eigenvalue weighted by Crippen LogP contribution is 2.27. The molecule has 1 saturated heterocycles. The number of hydrogen-bond acceptors (Lipinski definition) is 5. The zero-order chi connectivity index (χ0) is 22.9. The van der Waals surface area contributed by atoms with Gasteiger partial charge in [0.05, 0.1) is 5.56 Å². The molecule has 2 fully saturated rings. The Morgan fingerprint density at radius 3 is 2.50 bits per heavy atom. The van der Waals surface area contributed by atoms with Crippen LogP contribution in [0.5, 0.6) is 0 Å². The first-order chi connectivity index (χ1) is 15.3. The van der Waals surface area contributed by atoms with Crippen LogP contribution in [0.4, 0.5) is 5.69 Å². The van der Waals surface area contributed by atoms with Gasteiger partial charge in [-0.15, -0.1) is 0 Å². The lowest BCUT2D eigenvalue weighted by Gasteiger charge is -2.36. The number of hydrogen-bond donors (Lipinski definition) is 1. The van der Waals surface area contributed by atoms with Crippen molar-refractivity contribution < 1.29 is 13.2 Å². The van der Waals surface area contributed by atoms with E-state index in [1.54, 1.807) is 7.05 Å². The molecule has 2 heterocycles. The van der Waals surface area contributed by atoms with E-state index in [1.807, 2.05) is 25.1 Å². The number of benzene rings is 1. The molecule has 0 spiro atoms. The fourth-order valence-electron chi connectivity index (χ4n) is 4.54. The Bertz CT molecular complexity index is 1090. The first kappa shape index (κ1) is 23.1. The molecule has 2 aromatic rings. The highest BCUT2D eigenvalue weighted by molar-refractivity contribution is 7.89. The lowest BCUT2D eigenvalue weighted by atomic mass is 9.95. The van der Waals surface area contributed by atoms with Crippen LogP contribution in [0.15, 0.2) is 29.4 Å². The van der Waals surface area contributed by atoms with Crippen LogP contribution in [-0.4, -0.2) is 60.6 Å². The average molecular weight is 480 g/mol. The molecule has 2 aliphatic rings. The van der Waals surface area contributed by atoms with Crippen LogP contribution in [0.2, 0.25) is 5.02 Å². The maximum atomic E-state index is 13.4. The van der Waals surface area contributed by atoms with Crippen LogP contribution in [0.25, 0.3) is 0 Å². The van der Waals surface area contributed by atoms with Crippen LogP contribution in [0.3, 0.4) is 0 Å². The molecule has 10 heteroatoms. The minimum Gasteiger partial charge on any atom is -0.369 e. The predicted octanol–water partition coefficient (Wildman–Crippen LogP) is 2.96. The van der Waals surface area contributed by atoms with E-state index in [-0.39, 0.29) is 22.5 Å². The summed E-state index contributed by atoms with van der Waals surface area (Å²) in [5.41, 5.74) is 2.23. The van der Waals surface area contributed by atoms with Crippen LogP contribution >= 0.6 is 11.6 Å². The van der Waals surface area contributed by atoms with Gasteiger partial charge >= 0.3 is 0 Å². The maximum absolute atomic E-state index is 13.4. The lowest BCUT2D eigenvalue weighted by molar-refractivity contribution is 0.0924. The molecule has 1 aromatic heterocycles. The van der Waals surface area contributed by atoms with Crippen LogP contribution in [0, 0.1) is 6.92 Å². The molecule has 1 saturated carbocycles. The van der Waals surface area contributed by atoms with Gasteiger partial charge in [-0.25, -0.2) is 8.42 Å². The molecular weight excluding hydrogens is 450 g/mol. The van der Waals surface area contributed by atoms with Gasteiger partial charge in [0, 0.05) is 56.2 Å². The fraction of sp³-hybridized carbons (Fsp3) is 0.545. The van der Waals surface area contributed by atoms with E-state index in [1.165, 1.54) is 21.6 Å². The summed E-state index contributed by atoms with van der Waals surface area (Å²) in [5.74, 6) is -0.364. The number of carbonyl (C=O) groups excluding carboxylic acids is 1. The van der Waals surface area contributed by atoms with E-state index >= 15 is 0 Å². The number of nitrogens with zero attached hydrogens (tertiary/aromatic N) is 4. The molecule has 174 valence electrons. The van der Waals surface area contributed by atoms with Gasteiger partial charge in [0.1, 0.15) is 0 Å². The Morgan fingerprint density at radius 1 is 1.12 bits per heavy atom. The van der Waals surface area contributed by atoms with Gasteiger partial charge in [0.25, 0.3) is 15.9 Å². The van der Waals surface area contributed by atoms with Crippen LogP contribution in [-0.2, 0) is 17.1 Å². The SMILES string of the molecule is Cc1ccc(Cl)cc1N1CCN(S(=O)(=O)c2nn(C)cc2C(=O)NC2CCCCC2)CC1. The summed E-state index contributed by atoms with van der Waals surface area (Å²) in [6.45, 7) is 3.72. The average Bonchev–Trinajstić information content (AvgIpc) is 3.19. The second kappa shape index (κ2) is 9.41. The topological polar surface area (TPSA) is 87.5 Å². The van der Waals surface area contributed by atoms with Gasteiger partial charge in [-0.3, -0.25) is 9.48 Å². The maximum Gasteiger partial charge on any atom is 0.263 e. The molecule has 0 unspecified atom stereocenters. The van der Waals surface area contributed by atoms with Crippen molar-refractivity contribution >= 4 is 33.2 Å². The van der Waals surface area contributed by atoms with E-state index < -0.39 is 10.0 Å². The van der Waals surface area contributed by atoms with Gasteiger partial charge in [0.2, 0.25) is 5.03 Å². The van der Waals surface area contributed by atoms with E-state index in [9.17, 15) is 13.2 Å². The third-order valence-electron chi connectivity index (χ3n) is 6.31. The summed E-state index contributed by atoms with van der Waals surface area (Å²) in [6.07, 6.45) is 6.70. The lowest BCUT2D eigenvalue weighted by Crippen LogP contribution is -2.49. The second-order valence-electron chi connectivity index (χ2n) is 8.65. The summed E-state index contributed by atoms with van der Waals surface area (Å²) < 4.78 is 29.6. The largest absolute Gasteiger partial charge is 0.369 e. The van der Waals surface area contributed by atoms with Gasteiger partial charge in [-0.2, -0.15) is 9.40 Å². The Balaban J connectivity index is 1.49. The molecule has 4 rings (SSSR count). The smallest absolute Gasteiger partial charge is 0.263 e. The first-order valence-corrected chi connectivity index (χ1v) is 12.9. The van der Waals surface area contributed by atoms with E-state index in [0.717, 1.165) is 36.9 Å². The van der Waals surface area contributed by atoms with Crippen molar-refractivity contribution in [2.45, 2.75) is 50.1 Å². The second-order valence-corrected chi connectivity index (χ2v) is 10.9. The minimum atomic E-state index is -3.89. The van der Waals surface area contributed by atoms with Crippen molar-refractivity contribution in [1.82, 2.24) is 19.4 Å². The summed E-state index contributed by atoms with van der Waals surface area (Å²) in [6, 6.07) is 5.82. The first-order valence-electron chi connectivity index (χ1n) is 11.1. The normalized spacial score (nSPS) is 18.7. The summed E-state index contributed by atoms with van der Waals surface area (Å²) in [7, 11) is -2.26. The van der Waals surface area contributed by atoms with Crippen molar-refractivity contribution in [3.8, 4) is 0 Å². The monoisotopic (exact) mass is 479 g/mol. The van der Waals surface area contributed by atoms with E-state index in [0.29, 0.717) is 31.2 Å². The van der Waals surface area contributed by atoms with Crippen molar-refractivity contribution in [2.24, 2.45) is 7.05 Å². The molecule has 1 amide bonds. The van der Waals surface area contributed by atoms with Gasteiger partial charge in [0.15, 0.2) is 0 Å². The molecule has 32 heavy (non-hydrogen) atoms.